The molecule has 0 saturated carbocycles. The Morgan fingerprint density at radius 1 is 1.20 bits per heavy atom. The first-order valence-corrected chi connectivity index (χ1v) is 7.01. The molecule has 0 bridgehead atoms. The molecule has 2 rings (SSSR count). The summed E-state index contributed by atoms with van der Waals surface area (Å²) in [7, 11) is 3.84. The Bertz CT molecular complexity index is 439. The molecule has 1 heterocycles. The molecule has 1 aromatic rings. The maximum Gasteiger partial charge on any atom is 0.253 e. The molecule has 0 aliphatic carbocycles. The van der Waals surface area contributed by atoms with E-state index in [1.54, 1.807) is 7.05 Å². The van der Waals surface area contributed by atoms with Crippen LogP contribution in [0.2, 0.25) is 0 Å². The topological polar surface area (TPSA) is 47.0 Å². The molecular formula is C15H23N3O2. The van der Waals surface area contributed by atoms with Gasteiger partial charge in [-0.25, -0.2) is 0 Å². The van der Waals surface area contributed by atoms with Gasteiger partial charge in [0, 0.05) is 51.0 Å². The van der Waals surface area contributed by atoms with Crippen molar-refractivity contribution in [1.29, 1.82) is 0 Å². The number of aliphatic hydroxyl groups excluding tert-OH is 1. The van der Waals surface area contributed by atoms with Crippen molar-refractivity contribution in [2.75, 3.05) is 58.3 Å². The Labute approximate surface area is 120 Å². The van der Waals surface area contributed by atoms with Crippen molar-refractivity contribution in [1.82, 2.24) is 9.80 Å². The van der Waals surface area contributed by atoms with Crippen LogP contribution in [0.1, 0.15) is 10.4 Å². The number of nitrogens with zero attached hydrogens (tertiary/aromatic N) is 3. The van der Waals surface area contributed by atoms with Crippen LogP contribution in [0.5, 0.6) is 0 Å². The van der Waals surface area contributed by atoms with E-state index in [1.807, 2.05) is 24.3 Å². The predicted octanol–water partition coefficient (Wildman–Crippen LogP) is 0.503. The summed E-state index contributed by atoms with van der Waals surface area (Å²) >= 11 is 0. The van der Waals surface area contributed by atoms with Gasteiger partial charge >= 0.3 is 0 Å². The largest absolute Gasteiger partial charge is 0.395 e. The number of amides is 1. The summed E-state index contributed by atoms with van der Waals surface area (Å²) in [5.41, 5.74) is 1.83. The van der Waals surface area contributed by atoms with E-state index in [4.69, 9.17) is 5.11 Å². The number of aliphatic hydroxyl groups is 1. The van der Waals surface area contributed by atoms with Crippen LogP contribution >= 0.6 is 0 Å². The molecule has 1 aliphatic heterocycles. The Kier molecular flexibility index (Phi) is 4.98. The summed E-state index contributed by atoms with van der Waals surface area (Å²) in [4.78, 5) is 18.2. The standard InChI is InChI=1S/C15H23N3O2/c1-16-7-9-18(10-8-16)14-5-3-13(4-6-14)15(20)17(2)11-12-19/h3-6,19H,7-12H2,1-2H3. The van der Waals surface area contributed by atoms with Crippen LogP contribution < -0.4 is 4.90 Å². The highest BCUT2D eigenvalue weighted by atomic mass is 16.3. The van der Waals surface area contributed by atoms with Gasteiger partial charge in [0.2, 0.25) is 0 Å². The SMILES string of the molecule is CN1CCN(c2ccc(C(=O)N(C)CCO)cc2)CC1. The van der Waals surface area contributed by atoms with Crippen LogP contribution in [-0.4, -0.2) is 74.2 Å². The van der Waals surface area contributed by atoms with E-state index < -0.39 is 0 Å². The summed E-state index contributed by atoms with van der Waals surface area (Å²) < 4.78 is 0. The van der Waals surface area contributed by atoms with E-state index in [2.05, 4.69) is 16.8 Å². The van der Waals surface area contributed by atoms with Crippen molar-refractivity contribution >= 4 is 11.6 Å². The lowest BCUT2D eigenvalue weighted by molar-refractivity contribution is 0.0767. The minimum atomic E-state index is -0.0519. The zero-order chi connectivity index (χ0) is 14.5. The summed E-state index contributed by atoms with van der Waals surface area (Å²) in [6.07, 6.45) is 0. The molecule has 1 fully saturated rings. The third-order valence-electron chi connectivity index (χ3n) is 3.76. The van der Waals surface area contributed by atoms with Gasteiger partial charge in [-0.3, -0.25) is 4.79 Å². The van der Waals surface area contributed by atoms with Crippen LogP contribution in [-0.2, 0) is 0 Å². The lowest BCUT2D eigenvalue weighted by Crippen LogP contribution is -2.44. The summed E-state index contributed by atoms with van der Waals surface area (Å²) in [5, 5.41) is 8.86. The first kappa shape index (κ1) is 14.8. The zero-order valence-corrected chi connectivity index (χ0v) is 12.2. The van der Waals surface area contributed by atoms with Crippen molar-refractivity contribution in [2.24, 2.45) is 0 Å². The highest BCUT2D eigenvalue weighted by molar-refractivity contribution is 5.94. The first-order valence-electron chi connectivity index (χ1n) is 7.01. The smallest absolute Gasteiger partial charge is 0.253 e. The molecule has 0 spiro atoms. The highest BCUT2D eigenvalue weighted by Gasteiger charge is 2.15. The van der Waals surface area contributed by atoms with E-state index in [0.717, 1.165) is 26.2 Å². The Morgan fingerprint density at radius 3 is 2.35 bits per heavy atom. The molecular weight excluding hydrogens is 254 g/mol. The Balaban J connectivity index is 2.01. The van der Waals surface area contributed by atoms with Crippen molar-refractivity contribution in [2.45, 2.75) is 0 Å². The second kappa shape index (κ2) is 6.72. The summed E-state index contributed by atoms with van der Waals surface area (Å²) in [6, 6.07) is 7.74. The van der Waals surface area contributed by atoms with Gasteiger partial charge in [0.05, 0.1) is 6.61 Å². The van der Waals surface area contributed by atoms with Gasteiger partial charge in [0.15, 0.2) is 0 Å². The van der Waals surface area contributed by atoms with Crippen molar-refractivity contribution in [3.8, 4) is 0 Å². The van der Waals surface area contributed by atoms with Crippen LogP contribution in [0.25, 0.3) is 0 Å². The maximum atomic E-state index is 12.1. The van der Waals surface area contributed by atoms with E-state index in [0.29, 0.717) is 12.1 Å². The number of anilines is 1. The molecule has 1 amide bonds. The van der Waals surface area contributed by atoms with Crippen LogP contribution in [0.4, 0.5) is 5.69 Å². The number of hydrogen-bond donors (Lipinski definition) is 1. The first-order chi connectivity index (χ1) is 9.61. The van der Waals surface area contributed by atoms with Gasteiger partial charge in [0.25, 0.3) is 5.91 Å². The Morgan fingerprint density at radius 2 is 1.80 bits per heavy atom. The van der Waals surface area contributed by atoms with Crippen molar-refractivity contribution in [3.05, 3.63) is 29.8 Å². The molecule has 0 aromatic heterocycles. The molecule has 1 N–H and O–H groups in total. The molecule has 1 aliphatic rings. The van der Waals surface area contributed by atoms with E-state index in [1.165, 1.54) is 10.6 Å². The number of carbonyl (C=O) groups is 1. The fraction of sp³-hybridized carbons (Fsp3) is 0.533. The molecule has 1 saturated heterocycles. The van der Waals surface area contributed by atoms with Gasteiger partial charge in [-0.15, -0.1) is 0 Å². The number of carbonyl (C=O) groups excluding carboxylic acids is 1. The second-order valence-electron chi connectivity index (χ2n) is 5.29. The van der Waals surface area contributed by atoms with Gasteiger partial charge in [-0.1, -0.05) is 0 Å². The third kappa shape index (κ3) is 3.49. The van der Waals surface area contributed by atoms with Crippen molar-refractivity contribution < 1.29 is 9.90 Å². The summed E-state index contributed by atoms with van der Waals surface area (Å²) in [6.45, 7) is 4.53. The molecule has 0 unspecified atom stereocenters. The molecule has 5 nitrogen and oxygen atoms in total. The maximum absolute atomic E-state index is 12.1. The van der Waals surface area contributed by atoms with E-state index >= 15 is 0 Å². The fourth-order valence-corrected chi connectivity index (χ4v) is 2.35. The van der Waals surface area contributed by atoms with Crippen LogP contribution in [0, 0.1) is 0 Å². The monoisotopic (exact) mass is 277 g/mol. The molecule has 0 radical (unpaired) electrons. The van der Waals surface area contributed by atoms with Gasteiger partial charge in [-0.05, 0) is 31.3 Å². The van der Waals surface area contributed by atoms with E-state index in [9.17, 15) is 4.79 Å². The van der Waals surface area contributed by atoms with Crippen LogP contribution in [0.3, 0.4) is 0 Å². The number of likely N-dealkylation sites (N-methyl/N-ethyl adjacent to an activating group) is 2. The average Bonchev–Trinajstić information content (AvgIpc) is 2.48. The zero-order valence-electron chi connectivity index (χ0n) is 12.2. The summed E-state index contributed by atoms with van der Waals surface area (Å²) in [5.74, 6) is -0.0519. The van der Waals surface area contributed by atoms with Crippen LogP contribution in [0.15, 0.2) is 24.3 Å². The molecule has 110 valence electrons. The molecule has 0 atom stereocenters. The normalized spacial score (nSPS) is 16.2. The molecule has 20 heavy (non-hydrogen) atoms. The fourth-order valence-electron chi connectivity index (χ4n) is 2.35. The van der Waals surface area contributed by atoms with Gasteiger partial charge in [0.1, 0.15) is 0 Å². The number of piperazine rings is 1. The molecule has 1 aromatic carbocycles. The van der Waals surface area contributed by atoms with Gasteiger partial charge < -0.3 is 19.8 Å². The van der Waals surface area contributed by atoms with Gasteiger partial charge in [-0.2, -0.15) is 0 Å². The van der Waals surface area contributed by atoms with Crippen molar-refractivity contribution in [3.63, 3.8) is 0 Å². The average molecular weight is 277 g/mol. The Hall–Kier alpha value is -1.59. The lowest BCUT2D eigenvalue weighted by atomic mass is 10.1. The van der Waals surface area contributed by atoms with E-state index in [-0.39, 0.29) is 12.5 Å². The number of benzene rings is 1. The number of rotatable bonds is 4. The lowest BCUT2D eigenvalue weighted by Gasteiger charge is -2.34. The second-order valence-corrected chi connectivity index (χ2v) is 5.29. The number of hydrogen-bond acceptors (Lipinski definition) is 4. The minimum absolute atomic E-state index is 0.0123. The quantitative estimate of drug-likeness (QED) is 0.871. The molecule has 5 heteroatoms. The third-order valence-corrected chi connectivity index (χ3v) is 3.76. The minimum Gasteiger partial charge on any atom is -0.395 e. The highest BCUT2D eigenvalue weighted by Crippen LogP contribution is 2.17. The predicted molar refractivity (Wildman–Crippen MR) is 80.2 cm³/mol.